The third-order valence-corrected chi connectivity index (χ3v) is 8.99. The molecule has 0 radical (unpaired) electrons. The Hall–Kier alpha value is -2.91. The second-order valence-corrected chi connectivity index (χ2v) is 12.2. The van der Waals surface area contributed by atoms with Crippen molar-refractivity contribution in [3.8, 4) is 0 Å². The number of thioether (sulfide) groups is 1. The number of alkyl halides is 3. The normalized spacial score (nSPS) is 19.5. The second kappa shape index (κ2) is 13.4. The molecule has 220 valence electrons. The number of aliphatic hydroxyl groups excluding tert-OH is 1. The maximum absolute atomic E-state index is 13.4. The Morgan fingerprint density at radius 2 is 1.95 bits per heavy atom. The molecule has 4 rings (SSSR count). The Balaban J connectivity index is 1.40. The van der Waals surface area contributed by atoms with Crippen LogP contribution in [0, 0.1) is 5.41 Å². The first-order valence-electron chi connectivity index (χ1n) is 12.5. The van der Waals surface area contributed by atoms with E-state index >= 15 is 0 Å². The second-order valence-electron chi connectivity index (χ2n) is 9.23. The van der Waals surface area contributed by atoms with E-state index in [0.717, 1.165) is 41.8 Å². The van der Waals surface area contributed by atoms with E-state index in [1.54, 1.807) is 22.5 Å². The van der Waals surface area contributed by atoms with Crippen molar-refractivity contribution in [1.82, 2.24) is 14.5 Å². The lowest BCUT2D eigenvalue weighted by Crippen LogP contribution is -2.43. The van der Waals surface area contributed by atoms with Crippen molar-refractivity contribution in [2.75, 3.05) is 30.8 Å². The molecule has 2 aromatic carbocycles. The van der Waals surface area contributed by atoms with Gasteiger partial charge in [0.1, 0.15) is 23.4 Å². The van der Waals surface area contributed by atoms with Gasteiger partial charge in [0.25, 0.3) is 5.91 Å². The minimum atomic E-state index is -4.58. The van der Waals surface area contributed by atoms with Gasteiger partial charge in [-0.2, -0.15) is 13.2 Å². The van der Waals surface area contributed by atoms with Crippen LogP contribution in [0.2, 0.25) is 5.02 Å². The van der Waals surface area contributed by atoms with Gasteiger partial charge in [0.2, 0.25) is 5.91 Å². The first-order valence-corrected chi connectivity index (χ1v) is 15.0. The third-order valence-electron chi connectivity index (χ3n) is 6.41. The minimum Gasteiger partial charge on any atom is -0.380 e. The topological polar surface area (TPSA) is 126 Å². The van der Waals surface area contributed by atoms with E-state index in [0.29, 0.717) is 29.9 Å². The number of amides is 2. The number of anilines is 1. The Kier molecular flexibility index (Phi) is 10.1. The molecule has 2 aliphatic heterocycles. The lowest BCUT2D eigenvalue weighted by Gasteiger charge is -2.19. The van der Waals surface area contributed by atoms with E-state index in [4.69, 9.17) is 17.0 Å². The number of aliphatic hydroxyl groups is 1. The maximum Gasteiger partial charge on any atom is 0.416 e. The van der Waals surface area contributed by atoms with Gasteiger partial charge in [-0.05, 0) is 54.3 Å². The standard InChI is InChI=1S/C26H27ClF3N5O4S2/c27-19-5-4-17(20(11-19)26(28,29)30)13-32-21-6-3-16(9-18(21)12-31)10-22-24(37)35(25(38)40-22)14-23(36)33-15-41(39)34-7-1-2-8-34/h3-6,9-12,25,31-32,38H,1-2,7-8,13-15H2,(H,33,36)/b22-10-,31-12?. The summed E-state index contributed by atoms with van der Waals surface area (Å²) in [6.07, 6.45) is -0.161. The average Bonchev–Trinajstić information content (AvgIpc) is 3.56. The van der Waals surface area contributed by atoms with E-state index < -0.39 is 46.6 Å². The number of nitrogens with zero attached hydrogens (tertiary/aromatic N) is 2. The number of benzene rings is 2. The molecule has 0 saturated carbocycles. The molecule has 2 aromatic rings. The summed E-state index contributed by atoms with van der Waals surface area (Å²) in [7, 11) is -1.35. The molecule has 9 nitrogen and oxygen atoms in total. The van der Waals surface area contributed by atoms with Gasteiger partial charge in [0.05, 0.1) is 10.5 Å². The summed E-state index contributed by atoms with van der Waals surface area (Å²) in [5, 5.41) is 23.5. The smallest absolute Gasteiger partial charge is 0.380 e. The molecule has 2 atom stereocenters. The van der Waals surface area contributed by atoms with Crippen molar-refractivity contribution in [2.45, 2.75) is 31.1 Å². The number of carbonyl (C=O) groups is 2. The van der Waals surface area contributed by atoms with Gasteiger partial charge in [-0.25, -0.2) is 8.51 Å². The molecule has 41 heavy (non-hydrogen) atoms. The Morgan fingerprint density at radius 1 is 1.22 bits per heavy atom. The van der Waals surface area contributed by atoms with Crippen LogP contribution in [0.25, 0.3) is 6.08 Å². The van der Waals surface area contributed by atoms with Crippen LogP contribution >= 0.6 is 23.4 Å². The van der Waals surface area contributed by atoms with Crippen LogP contribution in [-0.2, 0) is 33.3 Å². The number of carbonyl (C=O) groups excluding carboxylic acids is 2. The van der Waals surface area contributed by atoms with Crippen LogP contribution in [0.15, 0.2) is 41.3 Å². The molecule has 2 fully saturated rings. The first kappa shape index (κ1) is 31.0. The predicted octanol–water partition coefficient (Wildman–Crippen LogP) is 3.99. The van der Waals surface area contributed by atoms with Gasteiger partial charge in [-0.1, -0.05) is 35.5 Å². The minimum absolute atomic E-state index is 0.0163. The van der Waals surface area contributed by atoms with Gasteiger partial charge < -0.3 is 21.1 Å². The number of halogens is 4. The van der Waals surface area contributed by atoms with Crippen LogP contribution < -0.4 is 10.6 Å². The molecule has 0 aliphatic carbocycles. The molecule has 0 aromatic heterocycles. The molecule has 2 heterocycles. The van der Waals surface area contributed by atoms with Crippen LogP contribution in [0.5, 0.6) is 0 Å². The summed E-state index contributed by atoms with van der Waals surface area (Å²) in [5.74, 6) is -1.20. The van der Waals surface area contributed by atoms with Gasteiger partial charge in [0.15, 0.2) is 5.56 Å². The molecule has 0 spiro atoms. The van der Waals surface area contributed by atoms with Gasteiger partial charge in [-0.3, -0.25) is 14.5 Å². The van der Waals surface area contributed by atoms with Crippen molar-refractivity contribution in [1.29, 1.82) is 5.41 Å². The van der Waals surface area contributed by atoms with Crippen molar-refractivity contribution >= 4 is 64.1 Å². The fourth-order valence-electron chi connectivity index (χ4n) is 4.31. The molecular weight excluding hydrogens is 603 g/mol. The van der Waals surface area contributed by atoms with Gasteiger partial charge in [0, 0.05) is 42.1 Å². The average molecular weight is 630 g/mol. The number of nitrogens with one attached hydrogen (secondary N) is 3. The fourth-order valence-corrected chi connectivity index (χ4v) is 6.56. The summed E-state index contributed by atoms with van der Waals surface area (Å²) >= 11 is 6.59. The molecule has 2 unspecified atom stereocenters. The van der Waals surface area contributed by atoms with Crippen molar-refractivity contribution in [3.63, 3.8) is 0 Å². The van der Waals surface area contributed by atoms with E-state index in [1.807, 2.05) is 0 Å². The van der Waals surface area contributed by atoms with E-state index in [9.17, 15) is 32.1 Å². The quantitative estimate of drug-likeness (QED) is 0.233. The molecule has 2 aliphatic rings. The molecular formula is C26H27ClF3N5O4S2. The largest absolute Gasteiger partial charge is 0.416 e. The summed E-state index contributed by atoms with van der Waals surface area (Å²) in [5.41, 5.74) is -0.901. The zero-order chi connectivity index (χ0) is 29.7. The Labute approximate surface area is 246 Å². The third kappa shape index (κ3) is 7.89. The highest BCUT2D eigenvalue weighted by Gasteiger charge is 2.36. The summed E-state index contributed by atoms with van der Waals surface area (Å²) in [4.78, 5) is 26.4. The van der Waals surface area contributed by atoms with Crippen LogP contribution in [-0.4, -0.2) is 67.6 Å². The number of hydrogen-bond donors (Lipinski definition) is 4. The van der Waals surface area contributed by atoms with Gasteiger partial charge >= 0.3 is 6.18 Å². The lowest BCUT2D eigenvalue weighted by molar-refractivity contribution is -0.138. The highest BCUT2D eigenvalue weighted by Crippen LogP contribution is 2.36. The highest BCUT2D eigenvalue weighted by atomic mass is 35.5. The Morgan fingerprint density at radius 3 is 2.63 bits per heavy atom. The van der Waals surface area contributed by atoms with E-state index in [1.165, 1.54) is 18.2 Å². The molecule has 15 heteroatoms. The van der Waals surface area contributed by atoms with Crippen LogP contribution in [0.3, 0.4) is 0 Å². The highest BCUT2D eigenvalue weighted by molar-refractivity contribution is 8.05. The Bertz CT molecular complexity index is 1390. The van der Waals surface area contributed by atoms with Crippen molar-refractivity contribution in [2.24, 2.45) is 0 Å². The van der Waals surface area contributed by atoms with Crippen LogP contribution in [0.1, 0.15) is 35.1 Å². The summed E-state index contributed by atoms with van der Waals surface area (Å²) in [6, 6.07) is 8.26. The SMILES string of the molecule is N=Cc1cc(/C=C2\SC(O)N(CC(=O)NCS(=O)N3CCCC3)C2=O)ccc1NCc1ccc(Cl)cc1C(F)(F)F. The molecule has 2 saturated heterocycles. The lowest BCUT2D eigenvalue weighted by atomic mass is 10.1. The van der Waals surface area contributed by atoms with E-state index in [-0.39, 0.29) is 27.9 Å². The predicted molar refractivity (Wildman–Crippen MR) is 153 cm³/mol. The summed E-state index contributed by atoms with van der Waals surface area (Å²) in [6.45, 7) is 0.820. The first-order chi connectivity index (χ1) is 19.5. The molecule has 0 bridgehead atoms. The molecule has 4 N–H and O–H groups in total. The van der Waals surface area contributed by atoms with Crippen molar-refractivity contribution in [3.05, 3.63) is 68.6 Å². The van der Waals surface area contributed by atoms with Gasteiger partial charge in [-0.15, -0.1) is 0 Å². The fraction of sp³-hybridized carbons (Fsp3) is 0.346. The molecule has 2 amide bonds. The summed E-state index contributed by atoms with van der Waals surface area (Å²) < 4.78 is 54.3. The van der Waals surface area contributed by atoms with Crippen LogP contribution in [0.4, 0.5) is 18.9 Å². The number of rotatable bonds is 10. The maximum atomic E-state index is 13.4. The zero-order valence-electron chi connectivity index (χ0n) is 21.5. The van der Waals surface area contributed by atoms with Crippen molar-refractivity contribution < 1.29 is 32.1 Å². The zero-order valence-corrected chi connectivity index (χ0v) is 23.9. The number of hydrogen-bond acceptors (Lipinski definition) is 7. The monoisotopic (exact) mass is 629 g/mol. The van der Waals surface area contributed by atoms with E-state index in [2.05, 4.69) is 10.6 Å².